The molecule has 4 nitrogen and oxygen atoms in total. The average Bonchev–Trinajstić information content (AvgIpc) is 2.42. The van der Waals surface area contributed by atoms with Crippen molar-refractivity contribution in [1.29, 1.82) is 0 Å². The van der Waals surface area contributed by atoms with E-state index in [9.17, 15) is 4.79 Å². The first-order chi connectivity index (χ1) is 6.94. The zero-order chi connectivity index (χ0) is 11.1. The van der Waals surface area contributed by atoms with Gasteiger partial charge in [-0.2, -0.15) is 0 Å². The molecule has 15 heavy (non-hydrogen) atoms. The molecule has 0 aromatic heterocycles. The topological polar surface area (TPSA) is 41.6 Å². The molecule has 0 aromatic carbocycles. The quantitative estimate of drug-likeness (QED) is 0.656. The van der Waals surface area contributed by atoms with Gasteiger partial charge < -0.3 is 15.0 Å². The lowest BCUT2D eigenvalue weighted by molar-refractivity contribution is 0.0183. The molecule has 4 heteroatoms. The molecular formula is C11H20N2O2. The molecule has 0 unspecified atom stereocenters. The highest BCUT2D eigenvalue weighted by molar-refractivity contribution is 5.68. The summed E-state index contributed by atoms with van der Waals surface area (Å²) in [5.41, 5.74) is -0.388. The van der Waals surface area contributed by atoms with Gasteiger partial charge in [-0.3, -0.25) is 0 Å². The maximum absolute atomic E-state index is 11.8. The van der Waals surface area contributed by atoms with Crippen LogP contribution in [-0.2, 0) is 4.74 Å². The Balaban J connectivity index is 1.91. The predicted octanol–water partition coefficient (Wildman–Crippen LogP) is 1.22. The molecule has 2 fully saturated rings. The summed E-state index contributed by atoms with van der Waals surface area (Å²) < 4.78 is 5.36. The van der Waals surface area contributed by atoms with Gasteiger partial charge >= 0.3 is 6.09 Å². The predicted molar refractivity (Wildman–Crippen MR) is 57.7 cm³/mol. The van der Waals surface area contributed by atoms with E-state index in [1.165, 1.54) is 6.42 Å². The van der Waals surface area contributed by atoms with Gasteiger partial charge in [-0.25, -0.2) is 4.79 Å². The number of carbonyl (C=O) groups is 1. The number of hydrogen-bond donors (Lipinski definition) is 1. The van der Waals surface area contributed by atoms with Gasteiger partial charge in [-0.05, 0) is 33.1 Å². The first kappa shape index (κ1) is 10.7. The van der Waals surface area contributed by atoms with Crippen LogP contribution < -0.4 is 5.32 Å². The van der Waals surface area contributed by atoms with Gasteiger partial charge in [0.15, 0.2) is 0 Å². The Kier molecular flexibility index (Phi) is 2.63. The highest BCUT2D eigenvalue weighted by atomic mass is 16.6. The third-order valence-corrected chi connectivity index (χ3v) is 2.88. The Morgan fingerprint density at radius 2 is 2.13 bits per heavy atom. The highest BCUT2D eigenvalue weighted by Crippen LogP contribution is 2.23. The van der Waals surface area contributed by atoms with Crippen LogP contribution in [0.2, 0.25) is 0 Å². The van der Waals surface area contributed by atoms with E-state index in [0.29, 0.717) is 12.0 Å². The second-order valence-electron chi connectivity index (χ2n) is 5.59. The van der Waals surface area contributed by atoms with Crippen molar-refractivity contribution in [3.63, 3.8) is 0 Å². The number of nitrogens with one attached hydrogen (secondary N) is 1. The van der Waals surface area contributed by atoms with Crippen LogP contribution in [0.25, 0.3) is 0 Å². The van der Waals surface area contributed by atoms with Gasteiger partial charge in [0.1, 0.15) is 5.60 Å². The second-order valence-corrected chi connectivity index (χ2v) is 5.59. The van der Waals surface area contributed by atoms with Crippen molar-refractivity contribution in [2.24, 2.45) is 5.92 Å². The van der Waals surface area contributed by atoms with E-state index < -0.39 is 0 Å². The molecule has 0 aromatic rings. The van der Waals surface area contributed by atoms with E-state index in [-0.39, 0.29) is 11.7 Å². The molecule has 1 N–H and O–H groups in total. The normalized spacial score (nSPS) is 30.5. The number of ether oxygens (including phenoxy) is 1. The van der Waals surface area contributed by atoms with Crippen LogP contribution in [0.1, 0.15) is 27.2 Å². The first-order valence-corrected chi connectivity index (χ1v) is 5.65. The number of carbonyl (C=O) groups excluding carboxylic acids is 1. The molecule has 86 valence electrons. The standard InChI is InChI=1S/C11H20N2O2/c1-11(2,3)15-10(14)13-6-8-4-9(7-13)12-5-8/h8-9,12H,4-7H2,1-3H3/t8-,9-/m1/s1. The zero-order valence-electron chi connectivity index (χ0n) is 9.75. The minimum atomic E-state index is -0.388. The SMILES string of the molecule is CC(C)(C)OC(=O)N1C[C@H]2CN[C@H](C2)C1. The molecule has 2 heterocycles. The molecule has 0 radical (unpaired) electrons. The Bertz CT molecular complexity index is 248. The molecule has 2 aliphatic heterocycles. The van der Waals surface area contributed by atoms with E-state index in [0.717, 1.165) is 19.6 Å². The fourth-order valence-corrected chi connectivity index (χ4v) is 2.31. The van der Waals surface area contributed by atoms with Crippen molar-refractivity contribution in [3.8, 4) is 0 Å². The minimum absolute atomic E-state index is 0.166. The van der Waals surface area contributed by atoms with Crippen molar-refractivity contribution in [3.05, 3.63) is 0 Å². The lowest BCUT2D eigenvalue weighted by Gasteiger charge is -2.32. The molecular weight excluding hydrogens is 192 g/mol. The number of fused-ring (bicyclic) bond motifs is 2. The summed E-state index contributed by atoms with van der Waals surface area (Å²) in [6.45, 7) is 8.40. The summed E-state index contributed by atoms with van der Waals surface area (Å²) in [5.74, 6) is 0.622. The van der Waals surface area contributed by atoms with Gasteiger partial charge in [0.05, 0.1) is 0 Å². The Morgan fingerprint density at radius 3 is 2.73 bits per heavy atom. The number of hydrogen-bond acceptors (Lipinski definition) is 3. The molecule has 0 aliphatic carbocycles. The molecule has 1 amide bonds. The largest absolute Gasteiger partial charge is 0.444 e. The monoisotopic (exact) mass is 212 g/mol. The van der Waals surface area contributed by atoms with E-state index in [2.05, 4.69) is 5.32 Å². The number of amides is 1. The summed E-state index contributed by atoms with van der Waals surface area (Å²) in [4.78, 5) is 13.6. The smallest absolute Gasteiger partial charge is 0.410 e. The minimum Gasteiger partial charge on any atom is -0.444 e. The van der Waals surface area contributed by atoms with E-state index >= 15 is 0 Å². The molecule has 2 saturated heterocycles. The number of nitrogens with zero attached hydrogens (tertiary/aromatic N) is 1. The van der Waals surface area contributed by atoms with Crippen LogP contribution in [0, 0.1) is 5.92 Å². The molecule has 0 saturated carbocycles. The van der Waals surface area contributed by atoms with Gasteiger partial charge in [0.25, 0.3) is 0 Å². The molecule has 2 bridgehead atoms. The van der Waals surface area contributed by atoms with Gasteiger partial charge in [-0.1, -0.05) is 0 Å². The molecule has 2 rings (SSSR count). The zero-order valence-corrected chi connectivity index (χ0v) is 9.75. The fraction of sp³-hybridized carbons (Fsp3) is 0.909. The number of likely N-dealkylation sites (tertiary alicyclic amines) is 1. The van der Waals surface area contributed by atoms with Crippen LogP contribution in [0.4, 0.5) is 4.79 Å². The van der Waals surface area contributed by atoms with Crippen LogP contribution in [0.15, 0.2) is 0 Å². The summed E-state index contributed by atoms with van der Waals surface area (Å²) >= 11 is 0. The first-order valence-electron chi connectivity index (χ1n) is 5.65. The molecule has 2 aliphatic rings. The second kappa shape index (κ2) is 3.67. The Labute approximate surface area is 91.0 Å². The molecule has 2 atom stereocenters. The lowest BCUT2D eigenvalue weighted by Crippen LogP contribution is -2.46. The van der Waals surface area contributed by atoms with Crippen molar-refractivity contribution >= 4 is 6.09 Å². The van der Waals surface area contributed by atoms with E-state index in [1.807, 2.05) is 25.7 Å². The summed E-state index contributed by atoms with van der Waals surface area (Å²) in [7, 11) is 0. The summed E-state index contributed by atoms with van der Waals surface area (Å²) in [6, 6.07) is 0.483. The average molecular weight is 212 g/mol. The number of piperidine rings is 1. The van der Waals surface area contributed by atoms with Crippen molar-refractivity contribution in [2.45, 2.75) is 38.8 Å². The van der Waals surface area contributed by atoms with Crippen LogP contribution in [0.3, 0.4) is 0 Å². The maximum Gasteiger partial charge on any atom is 0.410 e. The van der Waals surface area contributed by atoms with Crippen LogP contribution in [0.5, 0.6) is 0 Å². The maximum atomic E-state index is 11.8. The third kappa shape index (κ3) is 2.62. The molecule has 0 spiro atoms. The summed E-state index contributed by atoms with van der Waals surface area (Å²) in [5, 5.41) is 3.42. The Hall–Kier alpha value is -0.770. The van der Waals surface area contributed by atoms with Crippen molar-refractivity contribution in [1.82, 2.24) is 10.2 Å². The fourth-order valence-electron chi connectivity index (χ4n) is 2.31. The highest BCUT2D eigenvalue weighted by Gasteiger charge is 2.36. The third-order valence-electron chi connectivity index (χ3n) is 2.88. The van der Waals surface area contributed by atoms with Gasteiger partial charge in [0.2, 0.25) is 0 Å². The lowest BCUT2D eigenvalue weighted by atomic mass is 10.0. The summed E-state index contributed by atoms with van der Waals surface area (Å²) in [6.07, 6.45) is 1.04. The van der Waals surface area contributed by atoms with Crippen molar-refractivity contribution < 1.29 is 9.53 Å². The Morgan fingerprint density at radius 1 is 1.40 bits per heavy atom. The van der Waals surface area contributed by atoms with Crippen LogP contribution in [-0.4, -0.2) is 42.3 Å². The van der Waals surface area contributed by atoms with Crippen molar-refractivity contribution in [2.75, 3.05) is 19.6 Å². The van der Waals surface area contributed by atoms with Gasteiger partial charge in [0, 0.05) is 25.7 Å². The van der Waals surface area contributed by atoms with Crippen LogP contribution >= 0.6 is 0 Å². The van der Waals surface area contributed by atoms with E-state index in [1.54, 1.807) is 0 Å². The number of rotatable bonds is 0. The van der Waals surface area contributed by atoms with E-state index in [4.69, 9.17) is 4.74 Å². The van der Waals surface area contributed by atoms with Gasteiger partial charge in [-0.15, -0.1) is 0 Å².